The van der Waals surface area contributed by atoms with Gasteiger partial charge in [-0.05, 0) is 17.5 Å². The summed E-state index contributed by atoms with van der Waals surface area (Å²) in [5.41, 5.74) is 7.51. The number of carbonyl (C=O) groups excluding carboxylic acids is 2. The van der Waals surface area contributed by atoms with Gasteiger partial charge in [0.2, 0.25) is 21.8 Å². The largest absolute Gasteiger partial charge is 0.384 e. The van der Waals surface area contributed by atoms with E-state index in [1.807, 2.05) is 0 Å². The Morgan fingerprint density at radius 1 is 1.12 bits per heavy atom. The molecule has 0 radical (unpaired) electrons. The minimum Gasteiger partial charge on any atom is -0.384 e. The van der Waals surface area contributed by atoms with Gasteiger partial charge in [0.05, 0.1) is 12.3 Å². The van der Waals surface area contributed by atoms with Crippen LogP contribution in [-0.4, -0.2) is 61.5 Å². The van der Waals surface area contributed by atoms with Gasteiger partial charge in [-0.15, -0.1) is 0 Å². The van der Waals surface area contributed by atoms with E-state index in [1.54, 1.807) is 54.6 Å². The number of likely N-dealkylation sites (N-methyl/N-ethyl adjacent to an activating group) is 1. The van der Waals surface area contributed by atoms with Crippen molar-refractivity contribution in [1.29, 1.82) is 5.41 Å². The van der Waals surface area contributed by atoms with Gasteiger partial charge in [-0.2, -0.15) is 4.31 Å². The number of nitrogens with zero attached hydrogens (tertiary/aromatic N) is 2. The predicted octanol–water partition coefficient (Wildman–Crippen LogP) is 0.650. The Bertz CT molecular complexity index is 1090. The molecule has 0 aliphatic carbocycles. The maximum atomic E-state index is 12.6. The number of nitrogens with two attached hydrogens (primary N) is 1. The number of hydrogen-bond donors (Lipinski definition) is 3. The molecule has 2 aromatic rings. The third-order valence-electron chi connectivity index (χ3n) is 5.40. The lowest BCUT2D eigenvalue weighted by atomic mass is 10.0. The molecule has 1 saturated heterocycles. The first-order valence-corrected chi connectivity index (χ1v) is 11.8. The molecule has 2 amide bonds. The van der Waals surface area contributed by atoms with Crippen molar-refractivity contribution in [2.45, 2.75) is 24.8 Å². The van der Waals surface area contributed by atoms with Crippen LogP contribution in [0.25, 0.3) is 0 Å². The van der Waals surface area contributed by atoms with Gasteiger partial charge in [-0.1, -0.05) is 54.6 Å². The van der Waals surface area contributed by atoms with Crippen LogP contribution in [0.4, 0.5) is 0 Å². The molecule has 1 atom stereocenters. The van der Waals surface area contributed by atoms with Crippen molar-refractivity contribution in [3.05, 3.63) is 71.3 Å². The van der Waals surface area contributed by atoms with Gasteiger partial charge in [0.25, 0.3) is 0 Å². The minimum atomic E-state index is -3.66. The van der Waals surface area contributed by atoms with E-state index in [1.165, 1.54) is 11.9 Å². The van der Waals surface area contributed by atoms with Crippen molar-refractivity contribution in [2.75, 3.05) is 20.1 Å². The second kappa shape index (κ2) is 9.92. The maximum absolute atomic E-state index is 12.6. The first-order chi connectivity index (χ1) is 15.2. The molecule has 0 saturated carbocycles. The normalized spacial score (nSPS) is 15.8. The van der Waals surface area contributed by atoms with E-state index in [2.05, 4.69) is 5.32 Å². The van der Waals surface area contributed by atoms with Gasteiger partial charge >= 0.3 is 0 Å². The number of hydrogen-bond acceptors (Lipinski definition) is 5. The highest BCUT2D eigenvalue weighted by atomic mass is 32.2. The van der Waals surface area contributed by atoms with Crippen LogP contribution in [-0.2, 0) is 31.9 Å². The van der Waals surface area contributed by atoms with Crippen LogP contribution in [0, 0.1) is 5.41 Å². The summed E-state index contributed by atoms with van der Waals surface area (Å²) in [5, 5.41) is 10.2. The van der Waals surface area contributed by atoms with Gasteiger partial charge < -0.3 is 16.0 Å². The molecule has 1 heterocycles. The van der Waals surface area contributed by atoms with E-state index in [4.69, 9.17) is 11.1 Å². The Labute approximate surface area is 187 Å². The molecule has 0 aromatic heterocycles. The molecule has 3 rings (SSSR count). The molecule has 170 valence electrons. The van der Waals surface area contributed by atoms with E-state index in [-0.39, 0.29) is 30.6 Å². The summed E-state index contributed by atoms with van der Waals surface area (Å²) in [6, 6.07) is 15.1. The van der Waals surface area contributed by atoms with Crippen molar-refractivity contribution in [3.8, 4) is 0 Å². The fourth-order valence-electron chi connectivity index (χ4n) is 3.34. The van der Waals surface area contributed by atoms with Gasteiger partial charge in [-0.25, -0.2) is 8.42 Å². The molecule has 1 fully saturated rings. The molecule has 2 aromatic carbocycles. The van der Waals surface area contributed by atoms with Crippen LogP contribution in [0.2, 0.25) is 0 Å². The highest BCUT2D eigenvalue weighted by Gasteiger charge is 2.38. The number of carbonyl (C=O) groups is 2. The molecular weight excluding hydrogens is 430 g/mol. The topological polar surface area (TPSA) is 137 Å². The van der Waals surface area contributed by atoms with Crippen molar-refractivity contribution in [1.82, 2.24) is 14.5 Å². The fraction of sp³-hybridized carbons (Fsp3) is 0.318. The number of nitrogen functional groups attached to an aromatic ring is 1. The standard InChI is InChI=1S/C22H27N5O4S/c1-26(32(30,31)15-17-5-3-2-4-6-17)14-20(28)27-12-11-19(27)22(29)25-13-16-7-9-18(10-8-16)21(23)24/h2-10,19H,11-15H2,1H3,(H3,23,24)(H,25,29). The number of likely N-dealkylation sites (tertiary alicyclic amines) is 1. The molecule has 9 nitrogen and oxygen atoms in total. The number of nitrogens with one attached hydrogen (secondary N) is 2. The molecule has 10 heteroatoms. The SMILES string of the molecule is CN(CC(=O)N1CCC1C(=O)NCc1ccc(C(=N)N)cc1)S(=O)(=O)Cc1ccccc1. The summed E-state index contributed by atoms with van der Waals surface area (Å²) in [6.45, 7) is 0.378. The average molecular weight is 458 g/mol. The van der Waals surface area contributed by atoms with E-state index >= 15 is 0 Å². The molecule has 32 heavy (non-hydrogen) atoms. The highest BCUT2D eigenvalue weighted by molar-refractivity contribution is 7.88. The van der Waals surface area contributed by atoms with Gasteiger partial charge in [0.1, 0.15) is 11.9 Å². The Morgan fingerprint density at radius 2 is 1.78 bits per heavy atom. The van der Waals surface area contributed by atoms with Crippen LogP contribution in [0.3, 0.4) is 0 Å². The molecule has 1 aliphatic rings. The van der Waals surface area contributed by atoms with Crippen molar-refractivity contribution < 1.29 is 18.0 Å². The fourth-order valence-corrected chi connectivity index (χ4v) is 4.48. The summed E-state index contributed by atoms with van der Waals surface area (Å²) in [6.07, 6.45) is 0.529. The second-order valence-electron chi connectivity index (χ2n) is 7.72. The summed E-state index contributed by atoms with van der Waals surface area (Å²) < 4.78 is 26.2. The van der Waals surface area contributed by atoms with Crippen molar-refractivity contribution in [2.24, 2.45) is 5.73 Å². The lowest BCUT2D eigenvalue weighted by Gasteiger charge is -2.40. The lowest BCUT2D eigenvalue weighted by Crippen LogP contribution is -2.60. The number of rotatable bonds is 9. The number of amidine groups is 1. The zero-order valence-corrected chi connectivity index (χ0v) is 18.6. The molecule has 1 unspecified atom stereocenters. The smallest absolute Gasteiger partial charge is 0.243 e. The van der Waals surface area contributed by atoms with Crippen LogP contribution >= 0.6 is 0 Å². The molecule has 4 N–H and O–H groups in total. The Balaban J connectivity index is 1.51. The molecule has 0 bridgehead atoms. The average Bonchev–Trinajstić information content (AvgIpc) is 2.72. The summed E-state index contributed by atoms with van der Waals surface area (Å²) in [5.74, 6) is -0.902. The summed E-state index contributed by atoms with van der Waals surface area (Å²) >= 11 is 0. The van der Waals surface area contributed by atoms with Gasteiger partial charge in [-0.3, -0.25) is 15.0 Å². The first kappa shape index (κ1) is 23.4. The third kappa shape index (κ3) is 5.71. The third-order valence-corrected chi connectivity index (χ3v) is 7.18. The summed E-state index contributed by atoms with van der Waals surface area (Å²) in [4.78, 5) is 26.6. The van der Waals surface area contributed by atoms with Crippen LogP contribution in [0.1, 0.15) is 23.1 Å². The van der Waals surface area contributed by atoms with E-state index in [9.17, 15) is 18.0 Å². The molecule has 0 spiro atoms. The number of sulfonamides is 1. The Kier molecular flexibility index (Phi) is 7.26. The van der Waals surface area contributed by atoms with Crippen molar-refractivity contribution in [3.63, 3.8) is 0 Å². The highest BCUT2D eigenvalue weighted by Crippen LogP contribution is 2.19. The zero-order valence-electron chi connectivity index (χ0n) is 17.8. The predicted molar refractivity (Wildman–Crippen MR) is 121 cm³/mol. The van der Waals surface area contributed by atoms with Crippen molar-refractivity contribution >= 4 is 27.7 Å². The van der Waals surface area contributed by atoms with E-state index in [0.29, 0.717) is 24.1 Å². The quantitative estimate of drug-likeness (QED) is 0.375. The molecular formula is C22H27N5O4S. The van der Waals surface area contributed by atoms with E-state index < -0.39 is 22.0 Å². The summed E-state index contributed by atoms with van der Waals surface area (Å²) in [7, 11) is -2.29. The van der Waals surface area contributed by atoms with Crippen LogP contribution < -0.4 is 11.1 Å². The first-order valence-electron chi connectivity index (χ1n) is 10.2. The maximum Gasteiger partial charge on any atom is 0.243 e. The number of benzene rings is 2. The molecule has 1 aliphatic heterocycles. The van der Waals surface area contributed by atoms with Gasteiger partial charge in [0, 0.05) is 25.7 Å². The lowest BCUT2D eigenvalue weighted by molar-refractivity contribution is -0.147. The zero-order chi connectivity index (χ0) is 23.3. The monoisotopic (exact) mass is 457 g/mol. The second-order valence-corrected chi connectivity index (χ2v) is 9.79. The number of amides is 2. The Hall–Kier alpha value is -3.24. The van der Waals surface area contributed by atoms with Gasteiger partial charge in [0.15, 0.2) is 0 Å². The van der Waals surface area contributed by atoms with Crippen LogP contribution in [0.15, 0.2) is 54.6 Å². The Morgan fingerprint density at radius 3 is 2.34 bits per heavy atom. The minimum absolute atomic E-state index is 0.0278. The van der Waals surface area contributed by atoms with E-state index in [0.717, 1.165) is 9.87 Å². The van der Waals surface area contributed by atoms with Crippen LogP contribution in [0.5, 0.6) is 0 Å².